The van der Waals surface area contributed by atoms with Gasteiger partial charge in [0.05, 0.1) is 18.0 Å². The van der Waals surface area contributed by atoms with E-state index in [-0.39, 0.29) is 0 Å². The number of nitrogens with zero attached hydrogens (tertiary/aromatic N) is 2. The summed E-state index contributed by atoms with van der Waals surface area (Å²) in [5.74, 6) is 1.14. The number of benzene rings is 1. The Labute approximate surface area is 119 Å². The van der Waals surface area contributed by atoms with Gasteiger partial charge in [0.15, 0.2) is 0 Å². The first-order chi connectivity index (χ1) is 9.81. The van der Waals surface area contributed by atoms with E-state index in [2.05, 4.69) is 36.5 Å². The highest BCUT2D eigenvalue weighted by Gasteiger charge is 2.20. The molecule has 4 heteroatoms. The molecule has 1 aliphatic heterocycles. The van der Waals surface area contributed by atoms with Gasteiger partial charge in [0.1, 0.15) is 5.82 Å². The number of ether oxygens (including phenoxy) is 1. The number of nitrogens with one attached hydrogen (secondary N) is 1. The quantitative estimate of drug-likeness (QED) is 0.932. The molecule has 2 aromatic rings. The number of aryl methyl sites for hydroxylation is 1. The van der Waals surface area contributed by atoms with E-state index in [1.54, 1.807) is 7.11 Å². The summed E-state index contributed by atoms with van der Waals surface area (Å²) in [6, 6.07) is 8.36. The first-order valence-corrected chi connectivity index (χ1v) is 7.21. The van der Waals surface area contributed by atoms with Crippen molar-refractivity contribution in [3.05, 3.63) is 41.1 Å². The fourth-order valence-corrected chi connectivity index (χ4v) is 2.80. The predicted octanol–water partition coefficient (Wildman–Crippen LogP) is 3.08. The number of anilines is 1. The Kier molecular flexibility index (Phi) is 3.74. The normalized spacial score (nSPS) is 14.5. The zero-order valence-corrected chi connectivity index (χ0v) is 12.1. The van der Waals surface area contributed by atoms with Crippen LogP contribution in [0.4, 0.5) is 5.82 Å². The third-order valence-corrected chi connectivity index (χ3v) is 3.84. The zero-order valence-electron chi connectivity index (χ0n) is 12.1. The summed E-state index contributed by atoms with van der Waals surface area (Å²) >= 11 is 0. The van der Waals surface area contributed by atoms with E-state index in [1.165, 1.54) is 24.0 Å². The van der Waals surface area contributed by atoms with Gasteiger partial charge in [0.25, 0.3) is 0 Å². The predicted molar refractivity (Wildman–Crippen MR) is 80.4 cm³/mol. The number of fused-ring (bicyclic) bond motifs is 1. The van der Waals surface area contributed by atoms with Crippen LogP contribution >= 0.6 is 0 Å². The van der Waals surface area contributed by atoms with Crippen LogP contribution in [0.5, 0.6) is 0 Å². The van der Waals surface area contributed by atoms with Crippen LogP contribution in [0, 0.1) is 6.92 Å². The Morgan fingerprint density at radius 3 is 2.95 bits per heavy atom. The van der Waals surface area contributed by atoms with E-state index in [4.69, 9.17) is 9.84 Å². The summed E-state index contributed by atoms with van der Waals surface area (Å²) in [5.41, 5.74) is 4.74. The van der Waals surface area contributed by atoms with Gasteiger partial charge in [-0.2, -0.15) is 5.10 Å². The fourth-order valence-electron chi connectivity index (χ4n) is 2.80. The SMILES string of the molecule is COCc1nn(-c2ccccc2C)c2c1CCCCN2. The minimum atomic E-state index is 0.572. The highest BCUT2D eigenvalue weighted by atomic mass is 16.5. The van der Waals surface area contributed by atoms with E-state index < -0.39 is 0 Å². The standard InChI is InChI=1S/C16H21N3O/c1-12-7-3-4-9-15(12)19-16-13(8-5-6-10-17-16)14(18-19)11-20-2/h3-4,7,9,17H,5-6,8,10-11H2,1-2H3. The molecule has 20 heavy (non-hydrogen) atoms. The topological polar surface area (TPSA) is 39.1 Å². The summed E-state index contributed by atoms with van der Waals surface area (Å²) in [7, 11) is 1.73. The second-order valence-corrected chi connectivity index (χ2v) is 5.29. The number of rotatable bonds is 3. The minimum absolute atomic E-state index is 0.572. The van der Waals surface area contributed by atoms with Crippen molar-refractivity contribution in [3.8, 4) is 5.69 Å². The molecule has 106 valence electrons. The van der Waals surface area contributed by atoms with Gasteiger partial charge in [0.2, 0.25) is 0 Å². The maximum Gasteiger partial charge on any atom is 0.133 e. The summed E-state index contributed by atoms with van der Waals surface area (Å²) in [6.07, 6.45) is 3.48. The molecule has 0 fully saturated rings. The van der Waals surface area contributed by atoms with Crippen molar-refractivity contribution in [2.24, 2.45) is 0 Å². The van der Waals surface area contributed by atoms with Gasteiger partial charge in [-0.1, -0.05) is 18.2 Å². The van der Waals surface area contributed by atoms with Crippen molar-refractivity contribution in [3.63, 3.8) is 0 Å². The highest BCUT2D eigenvalue weighted by Crippen LogP contribution is 2.29. The maximum atomic E-state index is 5.31. The van der Waals surface area contributed by atoms with Gasteiger partial charge in [-0.3, -0.25) is 0 Å². The van der Waals surface area contributed by atoms with Gasteiger partial charge < -0.3 is 10.1 Å². The molecule has 1 aliphatic rings. The van der Waals surface area contributed by atoms with Gasteiger partial charge >= 0.3 is 0 Å². The van der Waals surface area contributed by atoms with Crippen molar-refractivity contribution < 1.29 is 4.74 Å². The van der Waals surface area contributed by atoms with Crippen molar-refractivity contribution >= 4 is 5.82 Å². The van der Waals surface area contributed by atoms with Crippen molar-refractivity contribution in [2.45, 2.75) is 32.8 Å². The van der Waals surface area contributed by atoms with Crippen LogP contribution in [0.3, 0.4) is 0 Å². The molecule has 4 nitrogen and oxygen atoms in total. The van der Waals surface area contributed by atoms with Gasteiger partial charge in [-0.25, -0.2) is 4.68 Å². The number of methoxy groups -OCH3 is 1. The average molecular weight is 271 g/mol. The lowest BCUT2D eigenvalue weighted by Gasteiger charge is -2.11. The average Bonchev–Trinajstić information content (AvgIpc) is 2.64. The van der Waals surface area contributed by atoms with Gasteiger partial charge in [-0.05, 0) is 37.8 Å². The second kappa shape index (κ2) is 5.67. The van der Waals surface area contributed by atoms with Crippen molar-refractivity contribution in [1.82, 2.24) is 9.78 Å². The Hall–Kier alpha value is -1.81. The number of aromatic nitrogens is 2. The largest absolute Gasteiger partial charge is 0.378 e. The molecule has 0 atom stereocenters. The Morgan fingerprint density at radius 2 is 2.15 bits per heavy atom. The third kappa shape index (κ3) is 2.31. The van der Waals surface area contributed by atoms with Gasteiger partial charge in [-0.15, -0.1) is 0 Å². The molecule has 0 radical (unpaired) electrons. The lowest BCUT2D eigenvalue weighted by Crippen LogP contribution is -2.08. The zero-order chi connectivity index (χ0) is 13.9. The van der Waals surface area contributed by atoms with E-state index in [0.717, 1.165) is 30.2 Å². The van der Waals surface area contributed by atoms with E-state index in [1.807, 2.05) is 4.68 Å². The van der Waals surface area contributed by atoms with E-state index >= 15 is 0 Å². The molecule has 0 bridgehead atoms. The minimum Gasteiger partial charge on any atom is -0.378 e. The van der Waals surface area contributed by atoms with Crippen LogP contribution in [0.1, 0.15) is 29.7 Å². The molecule has 0 spiro atoms. The maximum absolute atomic E-state index is 5.31. The van der Waals surface area contributed by atoms with Crippen LogP contribution in [-0.4, -0.2) is 23.4 Å². The van der Waals surface area contributed by atoms with Gasteiger partial charge in [0, 0.05) is 19.2 Å². The third-order valence-electron chi connectivity index (χ3n) is 3.84. The summed E-state index contributed by atoms with van der Waals surface area (Å²) in [4.78, 5) is 0. The van der Waals surface area contributed by atoms with Crippen LogP contribution in [-0.2, 0) is 17.8 Å². The van der Waals surface area contributed by atoms with Crippen LogP contribution in [0.25, 0.3) is 5.69 Å². The molecule has 0 unspecified atom stereocenters. The Morgan fingerprint density at radius 1 is 1.30 bits per heavy atom. The highest BCUT2D eigenvalue weighted by molar-refractivity contribution is 5.55. The molecule has 1 N–H and O–H groups in total. The molecular formula is C16H21N3O. The van der Waals surface area contributed by atoms with E-state index in [9.17, 15) is 0 Å². The molecule has 0 aliphatic carbocycles. The lowest BCUT2D eigenvalue weighted by atomic mass is 10.1. The van der Waals surface area contributed by atoms with Crippen LogP contribution in [0.2, 0.25) is 0 Å². The second-order valence-electron chi connectivity index (χ2n) is 5.29. The molecular weight excluding hydrogens is 250 g/mol. The van der Waals surface area contributed by atoms with Crippen LogP contribution in [0.15, 0.2) is 24.3 Å². The lowest BCUT2D eigenvalue weighted by molar-refractivity contribution is 0.180. The van der Waals surface area contributed by atoms with Crippen LogP contribution < -0.4 is 5.32 Å². The molecule has 2 heterocycles. The summed E-state index contributed by atoms with van der Waals surface area (Å²) in [6.45, 7) is 3.70. The fraction of sp³-hybridized carbons (Fsp3) is 0.438. The number of hydrogen-bond acceptors (Lipinski definition) is 3. The molecule has 0 saturated heterocycles. The molecule has 1 aromatic heterocycles. The smallest absolute Gasteiger partial charge is 0.133 e. The summed E-state index contributed by atoms with van der Waals surface area (Å²) in [5, 5.41) is 8.33. The number of hydrogen-bond donors (Lipinski definition) is 1. The van der Waals surface area contributed by atoms with Crippen molar-refractivity contribution in [1.29, 1.82) is 0 Å². The first-order valence-electron chi connectivity index (χ1n) is 7.21. The van der Waals surface area contributed by atoms with Crippen molar-refractivity contribution in [2.75, 3.05) is 19.0 Å². The Bertz CT molecular complexity index is 604. The first kappa shape index (κ1) is 13.2. The molecule has 0 amide bonds. The number of para-hydroxylation sites is 1. The molecule has 1 aromatic carbocycles. The molecule has 3 rings (SSSR count). The molecule has 0 saturated carbocycles. The van der Waals surface area contributed by atoms with E-state index in [0.29, 0.717) is 6.61 Å². The summed E-state index contributed by atoms with van der Waals surface area (Å²) < 4.78 is 7.36. The monoisotopic (exact) mass is 271 g/mol. The Balaban J connectivity index is 2.13.